The first-order valence-electron chi connectivity index (χ1n) is 1.86. The summed E-state index contributed by atoms with van der Waals surface area (Å²) >= 11 is 0. The van der Waals surface area contributed by atoms with E-state index in [1.807, 2.05) is 0 Å². The summed E-state index contributed by atoms with van der Waals surface area (Å²) in [6, 6.07) is 0. The van der Waals surface area contributed by atoms with E-state index in [9.17, 15) is 8.42 Å². The van der Waals surface area contributed by atoms with Crippen LogP contribution < -0.4 is 0 Å². The Morgan fingerprint density at radius 2 is 2.29 bits per heavy atom. The third-order valence-electron chi connectivity index (χ3n) is 0.681. The molecule has 0 spiro atoms. The molecular weight excluding hydrogens is 112 g/mol. The van der Waals surface area contributed by atoms with E-state index in [0.717, 1.165) is 0 Å². The van der Waals surface area contributed by atoms with E-state index in [0.29, 0.717) is 0 Å². The third-order valence-corrected chi connectivity index (χ3v) is 1.81. The van der Waals surface area contributed by atoms with Crippen molar-refractivity contribution in [2.45, 2.75) is 0 Å². The van der Waals surface area contributed by atoms with Crippen molar-refractivity contribution in [3.05, 3.63) is 17.9 Å². The fourth-order valence-corrected chi connectivity index (χ4v) is 1.12. The average molecular weight is 116 g/mol. The monoisotopic (exact) mass is 116 g/mol. The highest BCUT2D eigenvalue weighted by Crippen LogP contribution is 2.04. The molecule has 2 nitrogen and oxygen atoms in total. The van der Waals surface area contributed by atoms with Gasteiger partial charge in [-0.2, -0.15) is 0 Å². The SMILES string of the molecule is O=S1(=O)[C]C=CC1. The number of hydrogen-bond donors (Lipinski definition) is 0. The van der Waals surface area contributed by atoms with Gasteiger partial charge in [0.25, 0.3) is 0 Å². The van der Waals surface area contributed by atoms with Crippen molar-refractivity contribution < 1.29 is 8.42 Å². The van der Waals surface area contributed by atoms with Crippen molar-refractivity contribution in [3.8, 4) is 0 Å². The van der Waals surface area contributed by atoms with E-state index in [4.69, 9.17) is 0 Å². The van der Waals surface area contributed by atoms with Gasteiger partial charge >= 0.3 is 0 Å². The molecule has 0 aromatic rings. The Hall–Kier alpha value is -0.310. The van der Waals surface area contributed by atoms with Gasteiger partial charge in [0.05, 0.1) is 5.75 Å². The molecule has 3 heteroatoms. The highest BCUT2D eigenvalue weighted by molar-refractivity contribution is 7.93. The van der Waals surface area contributed by atoms with Crippen molar-refractivity contribution in [3.63, 3.8) is 0 Å². The maximum Gasteiger partial charge on any atom is 0.167 e. The van der Waals surface area contributed by atoms with Crippen LogP contribution in [0, 0.1) is 5.75 Å². The second-order valence-electron chi connectivity index (χ2n) is 1.30. The van der Waals surface area contributed by atoms with Crippen LogP contribution in [0.25, 0.3) is 0 Å². The minimum absolute atomic E-state index is 0.132. The molecule has 1 rings (SSSR count). The molecule has 1 aliphatic rings. The second kappa shape index (κ2) is 1.33. The first-order chi connectivity index (χ1) is 3.21. The van der Waals surface area contributed by atoms with Gasteiger partial charge in [-0.3, -0.25) is 0 Å². The van der Waals surface area contributed by atoms with E-state index >= 15 is 0 Å². The molecule has 0 atom stereocenters. The van der Waals surface area contributed by atoms with Crippen LogP contribution >= 0.6 is 0 Å². The van der Waals surface area contributed by atoms with Crippen molar-refractivity contribution in [2.24, 2.45) is 0 Å². The van der Waals surface area contributed by atoms with Gasteiger partial charge in [-0.1, -0.05) is 12.2 Å². The predicted molar refractivity (Wildman–Crippen MR) is 26.2 cm³/mol. The molecule has 1 aliphatic heterocycles. The smallest absolute Gasteiger partial charge is 0.167 e. The summed E-state index contributed by atoms with van der Waals surface area (Å²) in [5, 5.41) is 0. The lowest BCUT2D eigenvalue weighted by Crippen LogP contribution is -1.94. The van der Waals surface area contributed by atoms with Gasteiger partial charge in [-0.15, -0.1) is 0 Å². The molecule has 0 saturated heterocycles. The Morgan fingerprint density at radius 3 is 2.43 bits per heavy atom. The standard InChI is InChI=1S/C4H4O2S/c5-7(6)3-1-2-4-7/h1-2H,3H2. The number of rotatable bonds is 0. The average Bonchev–Trinajstić information content (AvgIpc) is 1.84. The summed E-state index contributed by atoms with van der Waals surface area (Å²) in [4.78, 5) is 0. The minimum atomic E-state index is -2.91. The van der Waals surface area contributed by atoms with Crippen LogP contribution in [0.15, 0.2) is 12.2 Å². The Labute approximate surface area is 42.8 Å². The lowest BCUT2D eigenvalue weighted by molar-refractivity contribution is 0.606. The summed E-state index contributed by atoms with van der Waals surface area (Å²) in [7, 11) is -2.91. The summed E-state index contributed by atoms with van der Waals surface area (Å²) < 4.78 is 20.5. The zero-order valence-corrected chi connectivity index (χ0v) is 4.40. The van der Waals surface area contributed by atoms with Crippen molar-refractivity contribution in [2.75, 3.05) is 5.75 Å². The summed E-state index contributed by atoms with van der Waals surface area (Å²) in [6.45, 7) is 0. The minimum Gasteiger partial charge on any atom is -0.227 e. The lowest BCUT2D eigenvalue weighted by atomic mass is 10.6. The number of hydrogen-bond acceptors (Lipinski definition) is 2. The molecule has 0 aliphatic carbocycles. The van der Waals surface area contributed by atoms with E-state index in [1.54, 1.807) is 6.08 Å². The van der Waals surface area contributed by atoms with Crippen LogP contribution in [0.3, 0.4) is 0 Å². The van der Waals surface area contributed by atoms with E-state index < -0.39 is 9.84 Å². The van der Waals surface area contributed by atoms with Gasteiger partial charge in [-0.05, 0) is 0 Å². The normalized spacial score (nSPS) is 25.7. The van der Waals surface area contributed by atoms with Crippen LogP contribution in [-0.4, -0.2) is 14.2 Å². The van der Waals surface area contributed by atoms with Crippen LogP contribution in [-0.2, 0) is 9.84 Å². The largest absolute Gasteiger partial charge is 0.227 e. The van der Waals surface area contributed by atoms with E-state index in [1.165, 1.54) is 6.08 Å². The van der Waals surface area contributed by atoms with Crippen LogP contribution in [0.5, 0.6) is 0 Å². The molecule has 0 bridgehead atoms. The molecule has 0 saturated carbocycles. The second-order valence-corrected chi connectivity index (χ2v) is 3.10. The molecule has 0 N–H and O–H groups in total. The fraction of sp³-hybridized carbons (Fsp3) is 0.250. The lowest BCUT2D eigenvalue weighted by Gasteiger charge is -1.80. The van der Waals surface area contributed by atoms with Crippen molar-refractivity contribution in [1.82, 2.24) is 0 Å². The van der Waals surface area contributed by atoms with Gasteiger partial charge in [0, 0.05) is 0 Å². The number of sulfone groups is 1. The zero-order valence-electron chi connectivity index (χ0n) is 3.59. The summed E-state index contributed by atoms with van der Waals surface area (Å²) in [5.74, 6) is 2.32. The van der Waals surface area contributed by atoms with Gasteiger partial charge in [0.15, 0.2) is 9.84 Å². The van der Waals surface area contributed by atoms with Crippen molar-refractivity contribution >= 4 is 9.84 Å². The van der Waals surface area contributed by atoms with Gasteiger partial charge < -0.3 is 0 Å². The third kappa shape index (κ3) is 1.03. The summed E-state index contributed by atoms with van der Waals surface area (Å²) in [5.41, 5.74) is 0. The molecule has 0 aromatic carbocycles. The highest BCUT2D eigenvalue weighted by atomic mass is 32.2. The molecule has 0 fully saturated rings. The zero-order chi connectivity index (χ0) is 5.33. The van der Waals surface area contributed by atoms with Crippen LogP contribution in [0.2, 0.25) is 0 Å². The van der Waals surface area contributed by atoms with Gasteiger partial charge in [0.2, 0.25) is 0 Å². The molecular formula is C4H4O2S. The highest BCUT2D eigenvalue weighted by Gasteiger charge is 2.11. The molecule has 0 unspecified atom stereocenters. The Balaban J connectivity index is 2.88. The first kappa shape index (κ1) is 4.84. The van der Waals surface area contributed by atoms with E-state index in [2.05, 4.69) is 5.75 Å². The Kier molecular flexibility index (Phi) is 0.922. The predicted octanol–water partition coefficient (Wildman–Crippen LogP) is 0.00979. The maximum absolute atomic E-state index is 10.3. The fourth-order valence-electron chi connectivity index (χ4n) is 0.375. The van der Waals surface area contributed by atoms with Gasteiger partial charge in [0.1, 0.15) is 5.75 Å². The van der Waals surface area contributed by atoms with Crippen LogP contribution in [0.1, 0.15) is 0 Å². The van der Waals surface area contributed by atoms with Crippen LogP contribution in [0.4, 0.5) is 0 Å². The maximum atomic E-state index is 10.3. The first-order valence-corrected chi connectivity index (χ1v) is 3.51. The molecule has 2 radical (unpaired) electrons. The summed E-state index contributed by atoms with van der Waals surface area (Å²) in [6.07, 6.45) is 2.99. The topological polar surface area (TPSA) is 34.1 Å². The molecule has 38 valence electrons. The van der Waals surface area contributed by atoms with E-state index in [-0.39, 0.29) is 5.75 Å². The Bertz CT molecular complexity index is 162. The Morgan fingerprint density at radius 1 is 1.57 bits per heavy atom. The molecule has 7 heavy (non-hydrogen) atoms. The quantitative estimate of drug-likeness (QED) is 0.446. The molecule has 1 heterocycles. The molecule has 0 aromatic heterocycles. The van der Waals surface area contributed by atoms with Crippen molar-refractivity contribution in [1.29, 1.82) is 0 Å². The van der Waals surface area contributed by atoms with Gasteiger partial charge in [-0.25, -0.2) is 8.42 Å². The molecule has 0 amide bonds.